The van der Waals surface area contributed by atoms with Gasteiger partial charge in [0.15, 0.2) is 0 Å². The largest absolute Gasteiger partial charge is 0.254 e. The third-order valence-corrected chi connectivity index (χ3v) is 1.65. The number of hydroxylamine groups is 1. The molecular formula is C8H6N2O. The van der Waals surface area contributed by atoms with Gasteiger partial charge in [-0.2, -0.15) is 10.3 Å². The Balaban J connectivity index is 2.49. The van der Waals surface area contributed by atoms with Crippen LogP contribution in [0, 0.1) is 11.5 Å². The van der Waals surface area contributed by atoms with Crippen molar-refractivity contribution in [3.63, 3.8) is 0 Å². The lowest BCUT2D eigenvalue weighted by molar-refractivity contribution is 0.146. The maximum Gasteiger partial charge on any atom is 0.210 e. The van der Waals surface area contributed by atoms with Crippen LogP contribution in [0.4, 0.5) is 5.69 Å². The Kier molecular flexibility index (Phi) is 1.27. The minimum absolute atomic E-state index is 0.504. The maximum atomic E-state index is 8.56. The van der Waals surface area contributed by atoms with E-state index < -0.39 is 0 Å². The molecule has 0 amide bonds. The molecule has 0 N–H and O–H groups in total. The standard InChI is InChI=1S/C8H6N2O/c9-6-10-8-4-2-1-3-7(8)5-11-10/h1-4H,5H2. The minimum Gasteiger partial charge on any atom is -0.254 e. The van der Waals surface area contributed by atoms with Crippen LogP contribution in [-0.4, -0.2) is 0 Å². The highest BCUT2D eigenvalue weighted by atomic mass is 16.7. The van der Waals surface area contributed by atoms with Gasteiger partial charge in [0.1, 0.15) is 6.61 Å². The Morgan fingerprint density at radius 1 is 1.45 bits per heavy atom. The van der Waals surface area contributed by atoms with Gasteiger partial charge in [-0.15, -0.1) is 0 Å². The van der Waals surface area contributed by atoms with E-state index in [1.165, 1.54) is 5.06 Å². The number of fused-ring (bicyclic) bond motifs is 1. The molecule has 0 spiro atoms. The molecule has 0 aromatic heterocycles. The van der Waals surface area contributed by atoms with Gasteiger partial charge in [-0.25, -0.2) is 0 Å². The fraction of sp³-hybridized carbons (Fsp3) is 0.125. The number of benzene rings is 1. The van der Waals surface area contributed by atoms with Gasteiger partial charge in [0.2, 0.25) is 6.19 Å². The summed E-state index contributed by atoms with van der Waals surface area (Å²) in [5.74, 6) is 0. The minimum atomic E-state index is 0.504. The third kappa shape index (κ3) is 0.846. The normalized spacial score (nSPS) is 14.3. The Bertz CT molecular complexity index is 316. The van der Waals surface area contributed by atoms with Crippen molar-refractivity contribution in [3.8, 4) is 6.19 Å². The molecule has 0 unspecified atom stereocenters. The predicted octanol–water partition coefficient (Wildman–Crippen LogP) is 1.42. The van der Waals surface area contributed by atoms with Gasteiger partial charge in [0.05, 0.1) is 5.69 Å². The topological polar surface area (TPSA) is 36.3 Å². The lowest BCUT2D eigenvalue weighted by Crippen LogP contribution is -2.08. The monoisotopic (exact) mass is 146 g/mol. The second kappa shape index (κ2) is 2.26. The fourth-order valence-electron chi connectivity index (χ4n) is 1.12. The second-order valence-electron chi connectivity index (χ2n) is 2.30. The molecule has 2 rings (SSSR count). The van der Waals surface area contributed by atoms with Crippen molar-refractivity contribution in [2.24, 2.45) is 0 Å². The van der Waals surface area contributed by atoms with Crippen LogP contribution < -0.4 is 5.06 Å². The van der Waals surface area contributed by atoms with Gasteiger partial charge >= 0.3 is 0 Å². The summed E-state index contributed by atoms with van der Waals surface area (Å²) in [4.78, 5) is 5.04. The molecule has 0 radical (unpaired) electrons. The number of para-hydroxylation sites is 1. The highest BCUT2D eigenvalue weighted by molar-refractivity contribution is 5.56. The van der Waals surface area contributed by atoms with Crippen molar-refractivity contribution in [1.29, 1.82) is 5.26 Å². The molecule has 0 aliphatic carbocycles. The first-order valence-corrected chi connectivity index (χ1v) is 3.32. The molecule has 11 heavy (non-hydrogen) atoms. The summed E-state index contributed by atoms with van der Waals surface area (Å²) in [5, 5.41) is 9.80. The average molecular weight is 146 g/mol. The van der Waals surface area contributed by atoms with Crippen molar-refractivity contribution in [1.82, 2.24) is 0 Å². The molecule has 3 heteroatoms. The zero-order chi connectivity index (χ0) is 7.68. The van der Waals surface area contributed by atoms with Crippen molar-refractivity contribution in [3.05, 3.63) is 29.8 Å². The van der Waals surface area contributed by atoms with E-state index in [-0.39, 0.29) is 0 Å². The van der Waals surface area contributed by atoms with E-state index >= 15 is 0 Å². The summed E-state index contributed by atoms with van der Waals surface area (Å²) < 4.78 is 0. The van der Waals surface area contributed by atoms with Crippen molar-refractivity contribution in [2.45, 2.75) is 6.61 Å². The summed E-state index contributed by atoms with van der Waals surface area (Å²) in [6.45, 7) is 0.504. The van der Waals surface area contributed by atoms with Crippen molar-refractivity contribution in [2.75, 3.05) is 5.06 Å². The molecule has 1 aliphatic rings. The van der Waals surface area contributed by atoms with E-state index in [0.29, 0.717) is 6.61 Å². The number of nitrogens with zero attached hydrogens (tertiary/aromatic N) is 2. The van der Waals surface area contributed by atoms with Crippen LogP contribution in [0.1, 0.15) is 5.56 Å². The first-order chi connectivity index (χ1) is 5.42. The van der Waals surface area contributed by atoms with E-state index in [1.807, 2.05) is 30.5 Å². The Hall–Kier alpha value is -1.53. The van der Waals surface area contributed by atoms with Crippen LogP contribution in [0.3, 0.4) is 0 Å². The van der Waals surface area contributed by atoms with Gasteiger partial charge in [-0.1, -0.05) is 18.2 Å². The first kappa shape index (κ1) is 6.20. The maximum absolute atomic E-state index is 8.56. The van der Waals surface area contributed by atoms with Crippen LogP contribution in [-0.2, 0) is 11.4 Å². The quantitative estimate of drug-likeness (QED) is 0.519. The molecule has 1 aromatic carbocycles. The summed E-state index contributed by atoms with van der Waals surface area (Å²) in [6.07, 6.45) is 1.93. The highest BCUT2D eigenvalue weighted by Crippen LogP contribution is 2.27. The molecule has 0 atom stereocenters. The van der Waals surface area contributed by atoms with Gasteiger partial charge in [-0.3, -0.25) is 4.84 Å². The highest BCUT2D eigenvalue weighted by Gasteiger charge is 2.18. The summed E-state index contributed by atoms with van der Waals surface area (Å²) >= 11 is 0. The Morgan fingerprint density at radius 3 is 3.09 bits per heavy atom. The summed E-state index contributed by atoms with van der Waals surface area (Å²) in [6, 6.07) is 7.64. The summed E-state index contributed by atoms with van der Waals surface area (Å²) in [5.41, 5.74) is 1.92. The number of anilines is 1. The lowest BCUT2D eigenvalue weighted by atomic mass is 10.2. The second-order valence-corrected chi connectivity index (χ2v) is 2.30. The third-order valence-electron chi connectivity index (χ3n) is 1.65. The zero-order valence-corrected chi connectivity index (χ0v) is 5.82. The molecule has 0 saturated carbocycles. The average Bonchev–Trinajstić information content (AvgIpc) is 2.47. The summed E-state index contributed by atoms with van der Waals surface area (Å²) in [7, 11) is 0. The SMILES string of the molecule is N#CN1OCc2ccccc21. The lowest BCUT2D eigenvalue weighted by Gasteiger charge is -2.03. The van der Waals surface area contributed by atoms with Crippen LogP contribution in [0.2, 0.25) is 0 Å². The number of rotatable bonds is 0. The van der Waals surface area contributed by atoms with Gasteiger partial charge < -0.3 is 0 Å². The zero-order valence-electron chi connectivity index (χ0n) is 5.82. The Labute approximate surface area is 64.4 Å². The van der Waals surface area contributed by atoms with Crippen LogP contribution in [0.15, 0.2) is 24.3 Å². The van der Waals surface area contributed by atoms with Crippen LogP contribution >= 0.6 is 0 Å². The molecule has 3 nitrogen and oxygen atoms in total. The van der Waals surface area contributed by atoms with Crippen LogP contribution in [0.5, 0.6) is 0 Å². The molecule has 1 heterocycles. The molecule has 1 aliphatic heterocycles. The predicted molar refractivity (Wildman–Crippen MR) is 39.3 cm³/mol. The van der Waals surface area contributed by atoms with Crippen LogP contribution in [0.25, 0.3) is 0 Å². The van der Waals surface area contributed by atoms with E-state index in [2.05, 4.69) is 0 Å². The number of nitriles is 1. The van der Waals surface area contributed by atoms with Crippen molar-refractivity contribution >= 4 is 5.69 Å². The van der Waals surface area contributed by atoms with Gasteiger partial charge in [0.25, 0.3) is 0 Å². The van der Waals surface area contributed by atoms with Gasteiger partial charge in [0, 0.05) is 5.56 Å². The molecular weight excluding hydrogens is 140 g/mol. The smallest absolute Gasteiger partial charge is 0.210 e. The molecule has 54 valence electrons. The Morgan fingerprint density at radius 2 is 2.27 bits per heavy atom. The van der Waals surface area contributed by atoms with E-state index in [0.717, 1.165) is 11.3 Å². The number of hydrogen-bond donors (Lipinski definition) is 0. The van der Waals surface area contributed by atoms with Gasteiger partial charge in [-0.05, 0) is 6.07 Å². The molecule has 0 bridgehead atoms. The van der Waals surface area contributed by atoms with E-state index in [9.17, 15) is 0 Å². The molecule has 0 saturated heterocycles. The number of hydrogen-bond acceptors (Lipinski definition) is 3. The van der Waals surface area contributed by atoms with E-state index in [4.69, 9.17) is 10.1 Å². The first-order valence-electron chi connectivity index (χ1n) is 3.32. The fourth-order valence-corrected chi connectivity index (χ4v) is 1.12. The molecule has 1 aromatic rings. The molecule has 0 fully saturated rings. The van der Waals surface area contributed by atoms with Crippen molar-refractivity contribution < 1.29 is 4.84 Å². The van der Waals surface area contributed by atoms with E-state index in [1.54, 1.807) is 0 Å².